The highest BCUT2D eigenvalue weighted by Gasteiger charge is 2.06. The van der Waals surface area contributed by atoms with Crippen molar-refractivity contribution in [2.75, 3.05) is 7.11 Å². The molecule has 0 radical (unpaired) electrons. The van der Waals surface area contributed by atoms with Gasteiger partial charge in [0.25, 0.3) is 5.69 Å². The van der Waals surface area contributed by atoms with Gasteiger partial charge in [-0.2, -0.15) is 5.10 Å². The van der Waals surface area contributed by atoms with Gasteiger partial charge in [0.15, 0.2) is 0 Å². The number of amides is 1. The highest BCUT2D eigenvalue weighted by atomic mass is 16.6. The summed E-state index contributed by atoms with van der Waals surface area (Å²) in [6.07, 6.45) is 2.55. The van der Waals surface area contributed by atoms with Crippen LogP contribution in [-0.4, -0.2) is 28.9 Å². The van der Waals surface area contributed by atoms with Crippen LogP contribution in [0.5, 0.6) is 0 Å². The molecule has 0 aliphatic rings. The van der Waals surface area contributed by atoms with Crippen LogP contribution in [0.15, 0.2) is 47.7 Å². The van der Waals surface area contributed by atoms with Crippen molar-refractivity contribution in [1.29, 1.82) is 0 Å². The third-order valence-corrected chi connectivity index (χ3v) is 2.66. The second-order valence-corrected chi connectivity index (χ2v) is 3.94. The molecule has 0 saturated heterocycles. The number of nitro groups is 1. The van der Waals surface area contributed by atoms with E-state index in [9.17, 15) is 14.9 Å². The van der Waals surface area contributed by atoms with E-state index in [2.05, 4.69) is 15.3 Å². The molecule has 0 bridgehead atoms. The summed E-state index contributed by atoms with van der Waals surface area (Å²) in [4.78, 5) is 21.0. The summed E-state index contributed by atoms with van der Waals surface area (Å²) < 4.78 is 6.16. The Kier molecular flexibility index (Phi) is 4.30. The number of nitro benzene ring substituents is 1. The third kappa shape index (κ3) is 3.44. The van der Waals surface area contributed by atoms with Crippen molar-refractivity contribution in [2.24, 2.45) is 5.10 Å². The van der Waals surface area contributed by atoms with Gasteiger partial charge < -0.3 is 9.30 Å². The van der Waals surface area contributed by atoms with Crippen molar-refractivity contribution in [3.8, 4) is 5.69 Å². The number of hydrogen-bond acceptors (Lipinski definition) is 5. The Bertz CT molecular complexity index is 676. The molecule has 0 atom stereocenters. The molecule has 0 saturated carbocycles. The van der Waals surface area contributed by atoms with Gasteiger partial charge in [-0.1, -0.05) is 0 Å². The monoisotopic (exact) mass is 288 g/mol. The first kappa shape index (κ1) is 14.3. The molecule has 1 aromatic heterocycles. The van der Waals surface area contributed by atoms with Gasteiger partial charge in [0.1, 0.15) is 0 Å². The van der Waals surface area contributed by atoms with Crippen LogP contribution in [0.3, 0.4) is 0 Å². The van der Waals surface area contributed by atoms with E-state index in [1.807, 2.05) is 0 Å². The standard InChI is InChI=1S/C13H12N4O4/c1-21-13(18)15-14-9-12-3-2-8-16(12)10-4-6-11(7-5-10)17(19)20/h2-9H,1H3,(H,15,18). The summed E-state index contributed by atoms with van der Waals surface area (Å²) in [5.74, 6) is 0. The number of nitrogens with zero attached hydrogens (tertiary/aromatic N) is 3. The highest BCUT2D eigenvalue weighted by molar-refractivity contribution is 5.80. The largest absolute Gasteiger partial charge is 0.452 e. The molecule has 0 spiro atoms. The lowest BCUT2D eigenvalue weighted by Crippen LogP contribution is -2.17. The number of hydrogen-bond donors (Lipinski definition) is 1. The average Bonchev–Trinajstić information content (AvgIpc) is 2.95. The molecule has 21 heavy (non-hydrogen) atoms. The number of carbonyl (C=O) groups is 1. The fourth-order valence-corrected chi connectivity index (χ4v) is 1.67. The summed E-state index contributed by atoms with van der Waals surface area (Å²) in [6.45, 7) is 0. The van der Waals surface area contributed by atoms with Crippen LogP contribution in [0.25, 0.3) is 5.69 Å². The fourth-order valence-electron chi connectivity index (χ4n) is 1.67. The fraction of sp³-hybridized carbons (Fsp3) is 0.0769. The highest BCUT2D eigenvalue weighted by Crippen LogP contribution is 2.16. The Labute approximate surface area is 119 Å². The Balaban J connectivity index is 2.19. The molecule has 1 amide bonds. The Morgan fingerprint density at radius 2 is 2.10 bits per heavy atom. The van der Waals surface area contributed by atoms with Crippen molar-refractivity contribution < 1.29 is 14.5 Å². The lowest BCUT2D eigenvalue weighted by atomic mass is 10.3. The second-order valence-electron chi connectivity index (χ2n) is 3.94. The molecule has 0 aliphatic carbocycles. The number of ether oxygens (including phenoxy) is 1. The second kappa shape index (κ2) is 6.33. The lowest BCUT2D eigenvalue weighted by molar-refractivity contribution is -0.384. The van der Waals surface area contributed by atoms with Crippen LogP contribution in [-0.2, 0) is 4.74 Å². The zero-order valence-corrected chi connectivity index (χ0v) is 11.1. The molecule has 0 unspecified atom stereocenters. The van der Waals surface area contributed by atoms with E-state index < -0.39 is 11.0 Å². The van der Waals surface area contributed by atoms with Crippen molar-refractivity contribution in [3.63, 3.8) is 0 Å². The molecule has 2 rings (SSSR count). The van der Waals surface area contributed by atoms with Gasteiger partial charge in [-0.15, -0.1) is 0 Å². The van der Waals surface area contributed by atoms with Gasteiger partial charge in [-0.3, -0.25) is 10.1 Å². The number of methoxy groups -OCH3 is 1. The SMILES string of the molecule is COC(=O)NN=Cc1cccn1-c1ccc([N+](=O)[O-])cc1. The zero-order valence-electron chi connectivity index (χ0n) is 11.1. The first-order chi connectivity index (χ1) is 10.1. The van der Waals surface area contributed by atoms with Gasteiger partial charge in [0.2, 0.25) is 0 Å². The number of non-ortho nitro benzene ring substituents is 1. The number of benzene rings is 1. The van der Waals surface area contributed by atoms with Gasteiger partial charge in [-0.25, -0.2) is 10.2 Å². The maximum Gasteiger partial charge on any atom is 0.427 e. The normalized spacial score (nSPS) is 10.5. The summed E-state index contributed by atoms with van der Waals surface area (Å²) in [7, 11) is 1.24. The molecule has 0 fully saturated rings. The van der Waals surface area contributed by atoms with Crippen LogP contribution in [0.2, 0.25) is 0 Å². The van der Waals surface area contributed by atoms with Gasteiger partial charge in [0, 0.05) is 24.0 Å². The molecular formula is C13H12N4O4. The Morgan fingerprint density at radius 1 is 1.38 bits per heavy atom. The van der Waals surface area contributed by atoms with Gasteiger partial charge in [0.05, 0.1) is 23.9 Å². The molecule has 1 N–H and O–H groups in total. The molecule has 1 aromatic carbocycles. The summed E-state index contributed by atoms with van der Waals surface area (Å²) in [5, 5.41) is 14.4. The predicted octanol–water partition coefficient (Wildman–Crippen LogP) is 2.08. The molecule has 8 nitrogen and oxygen atoms in total. The summed E-state index contributed by atoms with van der Waals surface area (Å²) >= 11 is 0. The number of carbonyl (C=O) groups excluding carboxylic acids is 1. The van der Waals surface area contributed by atoms with Crippen LogP contribution in [0, 0.1) is 10.1 Å². The summed E-state index contributed by atoms with van der Waals surface area (Å²) in [6, 6.07) is 9.67. The predicted molar refractivity (Wildman–Crippen MR) is 75.6 cm³/mol. The molecule has 2 aromatic rings. The zero-order chi connectivity index (χ0) is 15.2. The van der Waals surface area contributed by atoms with Gasteiger partial charge >= 0.3 is 6.09 Å². The Hall–Kier alpha value is -3.16. The first-order valence-electron chi connectivity index (χ1n) is 5.91. The minimum Gasteiger partial charge on any atom is -0.452 e. The quantitative estimate of drug-likeness (QED) is 0.529. The van der Waals surface area contributed by atoms with E-state index in [1.54, 1.807) is 35.0 Å². The van der Waals surface area contributed by atoms with Crippen molar-refractivity contribution in [3.05, 3.63) is 58.4 Å². The van der Waals surface area contributed by atoms with Crippen LogP contribution >= 0.6 is 0 Å². The molecular weight excluding hydrogens is 276 g/mol. The number of aromatic nitrogens is 1. The maximum atomic E-state index is 10.9. The molecule has 1 heterocycles. The van der Waals surface area contributed by atoms with E-state index in [0.717, 1.165) is 5.69 Å². The minimum atomic E-state index is -0.667. The third-order valence-electron chi connectivity index (χ3n) is 2.66. The number of nitrogens with one attached hydrogen (secondary N) is 1. The van der Waals surface area contributed by atoms with E-state index in [-0.39, 0.29) is 5.69 Å². The molecule has 108 valence electrons. The van der Waals surface area contributed by atoms with Crippen molar-refractivity contribution in [1.82, 2.24) is 9.99 Å². The van der Waals surface area contributed by atoms with Crippen LogP contribution in [0.1, 0.15) is 5.69 Å². The Morgan fingerprint density at radius 3 is 2.71 bits per heavy atom. The maximum absolute atomic E-state index is 10.9. The van der Waals surface area contributed by atoms with E-state index >= 15 is 0 Å². The van der Waals surface area contributed by atoms with E-state index in [1.165, 1.54) is 25.5 Å². The van der Waals surface area contributed by atoms with E-state index in [4.69, 9.17) is 0 Å². The summed E-state index contributed by atoms with van der Waals surface area (Å²) in [5.41, 5.74) is 3.64. The first-order valence-corrected chi connectivity index (χ1v) is 5.91. The van der Waals surface area contributed by atoms with Crippen LogP contribution in [0.4, 0.5) is 10.5 Å². The van der Waals surface area contributed by atoms with E-state index in [0.29, 0.717) is 5.69 Å². The minimum absolute atomic E-state index is 0.0217. The molecule has 8 heteroatoms. The van der Waals surface area contributed by atoms with Crippen molar-refractivity contribution >= 4 is 18.0 Å². The van der Waals surface area contributed by atoms with Gasteiger partial charge in [-0.05, 0) is 24.3 Å². The number of hydrazone groups is 1. The smallest absolute Gasteiger partial charge is 0.427 e. The van der Waals surface area contributed by atoms with Crippen molar-refractivity contribution in [2.45, 2.75) is 0 Å². The lowest BCUT2D eigenvalue weighted by Gasteiger charge is -2.05. The number of rotatable bonds is 4. The molecule has 0 aliphatic heterocycles. The average molecular weight is 288 g/mol. The topological polar surface area (TPSA) is 98.8 Å². The van der Waals surface area contributed by atoms with Crippen LogP contribution < -0.4 is 5.43 Å².